The summed E-state index contributed by atoms with van der Waals surface area (Å²) in [5, 5.41) is 2.87. The monoisotopic (exact) mass is 535 g/mol. The lowest BCUT2D eigenvalue weighted by molar-refractivity contribution is -0.141. The molecule has 2 aromatic carbocycles. The molecule has 2 rings (SSSR count). The van der Waals surface area contributed by atoms with Crippen molar-refractivity contribution in [2.75, 3.05) is 23.7 Å². The Balaban J connectivity index is 2.17. The SMILES string of the molecule is CCOc1ccc(N(CCCC(=O)N(Cc2ccccc2F)[C@H](C)C(=O)N[C@H](C)CC)S(C)(=O)=O)cc1. The molecule has 2 aromatic rings. The molecule has 0 radical (unpaired) electrons. The van der Waals surface area contributed by atoms with Crippen LogP contribution in [0.4, 0.5) is 10.1 Å². The number of rotatable bonds is 14. The van der Waals surface area contributed by atoms with E-state index in [0.717, 1.165) is 12.7 Å². The van der Waals surface area contributed by atoms with Gasteiger partial charge in [-0.05, 0) is 63.9 Å². The van der Waals surface area contributed by atoms with Crippen LogP contribution in [-0.2, 0) is 26.2 Å². The fraction of sp³-hybridized carbons (Fsp3) is 0.481. The van der Waals surface area contributed by atoms with Crippen LogP contribution < -0.4 is 14.4 Å². The summed E-state index contributed by atoms with van der Waals surface area (Å²) < 4.78 is 46.0. The summed E-state index contributed by atoms with van der Waals surface area (Å²) in [5.74, 6) is -0.529. The van der Waals surface area contributed by atoms with E-state index >= 15 is 0 Å². The predicted octanol–water partition coefficient (Wildman–Crippen LogP) is 4.10. The van der Waals surface area contributed by atoms with E-state index in [1.165, 1.54) is 15.3 Å². The highest BCUT2D eigenvalue weighted by Crippen LogP contribution is 2.23. The molecular weight excluding hydrogens is 497 g/mol. The van der Waals surface area contributed by atoms with Crippen LogP contribution in [0.3, 0.4) is 0 Å². The van der Waals surface area contributed by atoms with Crippen molar-refractivity contribution in [3.8, 4) is 5.75 Å². The highest BCUT2D eigenvalue weighted by Gasteiger charge is 2.28. The lowest BCUT2D eigenvalue weighted by atomic mass is 10.1. The highest BCUT2D eigenvalue weighted by atomic mass is 32.2. The lowest BCUT2D eigenvalue weighted by Crippen LogP contribution is -2.49. The van der Waals surface area contributed by atoms with E-state index in [1.807, 2.05) is 20.8 Å². The van der Waals surface area contributed by atoms with Crippen LogP contribution >= 0.6 is 0 Å². The minimum absolute atomic E-state index is 0.0154. The quantitative estimate of drug-likeness (QED) is 0.393. The Labute approximate surface area is 219 Å². The molecule has 0 saturated carbocycles. The first kappa shape index (κ1) is 30.1. The molecule has 0 bridgehead atoms. The van der Waals surface area contributed by atoms with Gasteiger partial charge in [-0.1, -0.05) is 25.1 Å². The second-order valence-electron chi connectivity index (χ2n) is 8.97. The Morgan fingerprint density at radius 3 is 2.27 bits per heavy atom. The summed E-state index contributed by atoms with van der Waals surface area (Å²) in [5.41, 5.74) is 0.758. The number of benzene rings is 2. The molecule has 10 heteroatoms. The maximum Gasteiger partial charge on any atom is 0.242 e. The van der Waals surface area contributed by atoms with E-state index in [0.29, 0.717) is 23.6 Å². The van der Waals surface area contributed by atoms with E-state index in [-0.39, 0.29) is 43.8 Å². The van der Waals surface area contributed by atoms with Crippen molar-refractivity contribution in [3.63, 3.8) is 0 Å². The van der Waals surface area contributed by atoms with Gasteiger partial charge in [0, 0.05) is 31.1 Å². The standard InChI is InChI=1S/C27H38FN3O5S/c1-6-20(3)29-27(33)21(4)30(19-22-11-8-9-12-25(22)28)26(32)13-10-18-31(37(5,34)35)23-14-16-24(17-15-23)36-7-2/h8-9,11-12,14-17,20-21H,6-7,10,13,18-19H2,1-5H3,(H,29,33)/t20-,21-/m1/s1. The molecule has 2 amide bonds. The zero-order chi connectivity index (χ0) is 27.6. The fourth-order valence-electron chi connectivity index (χ4n) is 3.74. The summed E-state index contributed by atoms with van der Waals surface area (Å²) >= 11 is 0. The number of carbonyl (C=O) groups is 2. The van der Waals surface area contributed by atoms with Crippen LogP contribution in [0, 0.1) is 5.82 Å². The molecular formula is C27H38FN3O5S. The molecule has 0 aliphatic rings. The molecule has 0 saturated heterocycles. The van der Waals surface area contributed by atoms with E-state index in [4.69, 9.17) is 4.74 Å². The highest BCUT2D eigenvalue weighted by molar-refractivity contribution is 7.92. The number of carbonyl (C=O) groups excluding carboxylic acids is 2. The Hall–Kier alpha value is -3.14. The largest absolute Gasteiger partial charge is 0.494 e. The summed E-state index contributed by atoms with van der Waals surface area (Å²) in [7, 11) is -3.61. The van der Waals surface area contributed by atoms with Gasteiger partial charge in [0.05, 0.1) is 18.6 Å². The summed E-state index contributed by atoms with van der Waals surface area (Å²) in [6, 6.07) is 11.9. The molecule has 8 nitrogen and oxygen atoms in total. The van der Waals surface area contributed by atoms with Gasteiger partial charge < -0.3 is 15.0 Å². The number of hydrogen-bond acceptors (Lipinski definition) is 5. The molecule has 2 atom stereocenters. The van der Waals surface area contributed by atoms with Crippen molar-refractivity contribution in [3.05, 3.63) is 59.9 Å². The fourth-order valence-corrected chi connectivity index (χ4v) is 4.70. The third-order valence-electron chi connectivity index (χ3n) is 6.05. The van der Waals surface area contributed by atoms with Crippen molar-refractivity contribution in [1.29, 1.82) is 0 Å². The maximum atomic E-state index is 14.4. The predicted molar refractivity (Wildman–Crippen MR) is 143 cm³/mol. The van der Waals surface area contributed by atoms with Gasteiger partial charge in [-0.3, -0.25) is 13.9 Å². The minimum Gasteiger partial charge on any atom is -0.494 e. The van der Waals surface area contributed by atoms with E-state index in [2.05, 4.69) is 5.32 Å². The number of nitrogens with one attached hydrogen (secondary N) is 1. The third-order valence-corrected chi connectivity index (χ3v) is 7.25. The average Bonchev–Trinajstić information content (AvgIpc) is 2.85. The number of sulfonamides is 1. The zero-order valence-corrected chi connectivity index (χ0v) is 23.1. The minimum atomic E-state index is -3.61. The van der Waals surface area contributed by atoms with Gasteiger partial charge in [-0.15, -0.1) is 0 Å². The van der Waals surface area contributed by atoms with Crippen molar-refractivity contribution in [2.45, 2.75) is 65.6 Å². The van der Waals surface area contributed by atoms with Crippen LogP contribution in [-0.4, -0.2) is 56.6 Å². The lowest BCUT2D eigenvalue weighted by Gasteiger charge is -2.30. The normalized spacial score (nSPS) is 12.9. The van der Waals surface area contributed by atoms with Crippen LogP contribution in [0.15, 0.2) is 48.5 Å². The molecule has 0 fully saturated rings. The van der Waals surface area contributed by atoms with E-state index in [1.54, 1.807) is 49.4 Å². The molecule has 1 N–H and O–H groups in total. The van der Waals surface area contributed by atoms with Gasteiger partial charge >= 0.3 is 0 Å². The maximum absolute atomic E-state index is 14.4. The first-order valence-corrected chi connectivity index (χ1v) is 14.4. The molecule has 37 heavy (non-hydrogen) atoms. The van der Waals surface area contributed by atoms with Crippen molar-refractivity contribution in [2.24, 2.45) is 0 Å². The summed E-state index contributed by atoms with van der Waals surface area (Å²) in [6.07, 6.45) is 2.04. The number of nitrogens with zero attached hydrogens (tertiary/aromatic N) is 2. The van der Waals surface area contributed by atoms with Crippen molar-refractivity contribution < 1.29 is 27.1 Å². The van der Waals surface area contributed by atoms with Gasteiger partial charge in [-0.25, -0.2) is 12.8 Å². The van der Waals surface area contributed by atoms with Crippen molar-refractivity contribution in [1.82, 2.24) is 10.2 Å². The zero-order valence-electron chi connectivity index (χ0n) is 22.2. The first-order valence-electron chi connectivity index (χ1n) is 12.5. The Bertz CT molecular complexity index is 1140. The van der Waals surface area contributed by atoms with Gasteiger partial charge in [0.2, 0.25) is 21.8 Å². The van der Waals surface area contributed by atoms with Gasteiger partial charge in [-0.2, -0.15) is 0 Å². The molecule has 0 aliphatic heterocycles. The average molecular weight is 536 g/mol. The summed E-state index contributed by atoms with van der Waals surface area (Å²) in [4.78, 5) is 27.4. The van der Waals surface area contributed by atoms with Crippen LogP contribution in [0.25, 0.3) is 0 Å². The smallest absolute Gasteiger partial charge is 0.242 e. The topological polar surface area (TPSA) is 96.0 Å². The third kappa shape index (κ3) is 9.03. The molecule has 0 heterocycles. The molecule has 204 valence electrons. The van der Waals surface area contributed by atoms with Crippen LogP contribution in [0.2, 0.25) is 0 Å². The second kappa shape index (κ2) is 14.0. The van der Waals surface area contributed by atoms with Gasteiger partial charge in [0.1, 0.15) is 17.6 Å². The number of anilines is 1. The van der Waals surface area contributed by atoms with Crippen molar-refractivity contribution >= 4 is 27.5 Å². The Kier molecular flexibility index (Phi) is 11.4. The van der Waals surface area contributed by atoms with Crippen LogP contribution in [0.5, 0.6) is 5.75 Å². The summed E-state index contributed by atoms with van der Waals surface area (Å²) in [6.45, 7) is 7.77. The Morgan fingerprint density at radius 2 is 1.70 bits per heavy atom. The molecule has 0 aliphatic carbocycles. The molecule has 0 aromatic heterocycles. The van der Waals surface area contributed by atoms with Gasteiger partial charge in [0.15, 0.2) is 0 Å². The number of ether oxygens (including phenoxy) is 1. The first-order chi connectivity index (χ1) is 17.5. The number of hydrogen-bond donors (Lipinski definition) is 1. The van der Waals surface area contributed by atoms with E-state index in [9.17, 15) is 22.4 Å². The number of halogens is 1. The molecule has 0 spiro atoms. The molecule has 0 unspecified atom stereocenters. The second-order valence-corrected chi connectivity index (χ2v) is 10.9. The van der Waals surface area contributed by atoms with Gasteiger partial charge in [0.25, 0.3) is 0 Å². The van der Waals surface area contributed by atoms with E-state index < -0.39 is 21.9 Å². The number of amides is 2. The van der Waals surface area contributed by atoms with Crippen LogP contribution in [0.1, 0.15) is 52.5 Å². The Morgan fingerprint density at radius 1 is 1.05 bits per heavy atom.